The van der Waals surface area contributed by atoms with E-state index >= 15 is 0 Å². The number of rotatable bonds is 4. The molecule has 2 N–H and O–H groups in total. The molecule has 2 aliphatic rings. The summed E-state index contributed by atoms with van der Waals surface area (Å²) >= 11 is 0. The van der Waals surface area contributed by atoms with Gasteiger partial charge in [-0.15, -0.1) is 0 Å². The first-order valence-electron chi connectivity index (χ1n) is 8.56. The van der Waals surface area contributed by atoms with Gasteiger partial charge in [0.05, 0.1) is 5.69 Å². The average Bonchev–Trinajstić information content (AvgIpc) is 2.60. The number of likely N-dealkylation sites (tertiary alicyclic amines) is 1. The first kappa shape index (κ1) is 17.3. The van der Waals surface area contributed by atoms with Crippen molar-refractivity contribution in [2.45, 2.75) is 26.2 Å². The molecular formula is C18H23N3O4. The molecule has 0 aliphatic carbocycles. The smallest absolute Gasteiger partial charge is 0.265 e. The minimum atomic E-state index is -0.294. The van der Waals surface area contributed by atoms with Gasteiger partial charge in [0.15, 0.2) is 6.61 Å². The van der Waals surface area contributed by atoms with E-state index in [4.69, 9.17) is 10.5 Å². The maximum absolute atomic E-state index is 12.4. The van der Waals surface area contributed by atoms with Crippen LogP contribution in [-0.4, -0.2) is 48.9 Å². The number of carbonyl (C=O) groups is 3. The molecule has 0 spiro atoms. The van der Waals surface area contributed by atoms with Crippen molar-refractivity contribution in [1.82, 2.24) is 4.90 Å². The summed E-state index contributed by atoms with van der Waals surface area (Å²) in [5.41, 5.74) is 7.07. The van der Waals surface area contributed by atoms with Crippen molar-refractivity contribution in [2.24, 2.45) is 11.7 Å². The molecule has 7 heteroatoms. The van der Waals surface area contributed by atoms with Crippen LogP contribution < -0.4 is 15.4 Å². The number of hydrogen-bond acceptors (Lipinski definition) is 4. The first-order chi connectivity index (χ1) is 12.0. The van der Waals surface area contributed by atoms with Crippen LogP contribution in [-0.2, 0) is 14.4 Å². The second-order valence-electron chi connectivity index (χ2n) is 6.61. The third-order valence-corrected chi connectivity index (χ3v) is 4.86. The van der Waals surface area contributed by atoms with Crippen LogP contribution in [0.3, 0.4) is 0 Å². The number of amides is 3. The van der Waals surface area contributed by atoms with Crippen molar-refractivity contribution >= 4 is 23.4 Å². The quantitative estimate of drug-likeness (QED) is 0.875. The van der Waals surface area contributed by atoms with E-state index in [1.165, 1.54) is 0 Å². The van der Waals surface area contributed by atoms with Crippen molar-refractivity contribution in [1.29, 1.82) is 0 Å². The van der Waals surface area contributed by atoms with Gasteiger partial charge in [-0.2, -0.15) is 0 Å². The van der Waals surface area contributed by atoms with Crippen molar-refractivity contribution in [3.63, 3.8) is 0 Å². The molecule has 3 amide bonds. The van der Waals surface area contributed by atoms with Gasteiger partial charge >= 0.3 is 0 Å². The van der Waals surface area contributed by atoms with Crippen LogP contribution in [0.1, 0.15) is 24.8 Å². The van der Waals surface area contributed by atoms with Gasteiger partial charge in [0.25, 0.3) is 5.91 Å². The van der Waals surface area contributed by atoms with E-state index in [2.05, 4.69) is 0 Å². The number of ether oxygens (including phenoxy) is 1. The number of anilines is 1. The molecule has 0 radical (unpaired) electrons. The highest BCUT2D eigenvalue weighted by molar-refractivity contribution is 5.98. The fourth-order valence-corrected chi connectivity index (χ4v) is 3.34. The van der Waals surface area contributed by atoms with Crippen molar-refractivity contribution in [2.75, 3.05) is 31.1 Å². The van der Waals surface area contributed by atoms with Gasteiger partial charge in [0.2, 0.25) is 11.8 Å². The monoisotopic (exact) mass is 345 g/mol. The normalized spacial score (nSPS) is 17.9. The third kappa shape index (κ3) is 3.75. The fourth-order valence-electron chi connectivity index (χ4n) is 3.34. The lowest BCUT2D eigenvalue weighted by molar-refractivity contribution is -0.134. The number of carbonyl (C=O) groups excluding carboxylic acids is 3. The molecule has 1 saturated heterocycles. The molecule has 0 atom stereocenters. The van der Waals surface area contributed by atoms with Gasteiger partial charge in [-0.1, -0.05) is 6.07 Å². The molecule has 2 aliphatic heterocycles. The zero-order valence-electron chi connectivity index (χ0n) is 14.4. The van der Waals surface area contributed by atoms with Gasteiger partial charge in [-0.25, -0.2) is 0 Å². The molecule has 134 valence electrons. The molecule has 0 aromatic heterocycles. The Hall–Kier alpha value is -2.57. The summed E-state index contributed by atoms with van der Waals surface area (Å²) in [6, 6.07) is 5.68. The van der Waals surface area contributed by atoms with Crippen LogP contribution in [0.15, 0.2) is 18.2 Å². The Balaban J connectivity index is 1.60. The van der Waals surface area contributed by atoms with Gasteiger partial charge in [-0.05, 0) is 37.5 Å². The Kier molecular flexibility index (Phi) is 4.92. The van der Waals surface area contributed by atoms with Crippen molar-refractivity contribution in [3.05, 3.63) is 23.8 Å². The summed E-state index contributed by atoms with van der Waals surface area (Å²) in [6.07, 6.45) is 1.47. The second-order valence-corrected chi connectivity index (χ2v) is 6.61. The first-order valence-corrected chi connectivity index (χ1v) is 8.56. The number of benzene rings is 1. The summed E-state index contributed by atoms with van der Waals surface area (Å²) < 4.78 is 5.45. The summed E-state index contributed by atoms with van der Waals surface area (Å²) in [7, 11) is 0. The average molecular weight is 345 g/mol. The SMILES string of the molecule is Cc1ccc2c(c1)N(CCC(=O)N1CCC(C(N)=O)CC1)C(=O)CO2. The Morgan fingerprint density at radius 3 is 2.68 bits per heavy atom. The molecule has 0 bridgehead atoms. The number of nitrogens with zero attached hydrogens (tertiary/aromatic N) is 2. The summed E-state index contributed by atoms with van der Waals surface area (Å²) in [5, 5.41) is 0. The molecule has 1 aromatic rings. The van der Waals surface area contributed by atoms with E-state index < -0.39 is 0 Å². The largest absolute Gasteiger partial charge is 0.482 e. The van der Waals surface area contributed by atoms with Gasteiger partial charge in [0.1, 0.15) is 5.75 Å². The lowest BCUT2D eigenvalue weighted by Crippen LogP contribution is -2.44. The maximum Gasteiger partial charge on any atom is 0.265 e. The van der Waals surface area contributed by atoms with E-state index in [0.29, 0.717) is 38.2 Å². The molecule has 3 rings (SSSR count). The van der Waals surface area contributed by atoms with Crippen LogP contribution in [0.5, 0.6) is 5.75 Å². The lowest BCUT2D eigenvalue weighted by Gasteiger charge is -2.32. The minimum Gasteiger partial charge on any atom is -0.482 e. The van der Waals surface area contributed by atoms with E-state index in [1.807, 2.05) is 25.1 Å². The topological polar surface area (TPSA) is 92.9 Å². The van der Waals surface area contributed by atoms with Gasteiger partial charge in [-0.3, -0.25) is 14.4 Å². The number of fused-ring (bicyclic) bond motifs is 1. The Labute approximate surface area is 146 Å². The van der Waals surface area contributed by atoms with Gasteiger partial charge in [0, 0.05) is 32.0 Å². The molecule has 1 fully saturated rings. The number of hydrogen-bond donors (Lipinski definition) is 1. The van der Waals surface area contributed by atoms with Crippen LogP contribution in [0.4, 0.5) is 5.69 Å². The summed E-state index contributed by atoms with van der Waals surface area (Å²) in [5.74, 6) is 0.0902. The molecule has 0 unspecified atom stereocenters. The summed E-state index contributed by atoms with van der Waals surface area (Å²) in [6.45, 7) is 3.35. The van der Waals surface area contributed by atoms with E-state index in [0.717, 1.165) is 11.3 Å². The number of nitrogens with two attached hydrogens (primary N) is 1. The zero-order valence-corrected chi connectivity index (χ0v) is 14.4. The standard InChI is InChI=1S/C18H23N3O4/c1-12-2-3-15-14(10-12)21(17(23)11-25-15)9-6-16(22)20-7-4-13(5-8-20)18(19)24/h2-3,10,13H,4-9,11H2,1H3,(H2,19,24). The van der Waals surface area contributed by atoms with E-state index in [9.17, 15) is 14.4 Å². The Morgan fingerprint density at radius 1 is 1.28 bits per heavy atom. The zero-order chi connectivity index (χ0) is 18.0. The van der Waals surface area contributed by atoms with Crippen LogP contribution >= 0.6 is 0 Å². The van der Waals surface area contributed by atoms with Crippen LogP contribution in [0, 0.1) is 12.8 Å². The second kappa shape index (κ2) is 7.13. The van der Waals surface area contributed by atoms with Crippen molar-refractivity contribution in [3.8, 4) is 5.75 Å². The molecule has 1 aromatic carbocycles. The highest BCUT2D eigenvalue weighted by Crippen LogP contribution is 2.33. The lowest BCUT2D eigenvalue weighted by atomic mass is 9.96. The minimum absolute atomic E-state index is 0.00332. The number of piperidine rings is 1. The van der Waals surface area contributed by atoms with E-state index in [1.54, 1.807) is 9.80 Å². The Bertz CT molecular complexity index is 696. The third-order valence-electron chi connectivity index (χ3n) is 4.86. The molecule has 25 heavy (non-hydrogen) atoms. The van der Waals surface area contributed by atoms with Crippen LogP contribution in [0.2, 0.25) is 0 Å². The maximum atomic E-state index is 12.4. The highest BCUT2D eigenvalue weighted by Gasteiger charge is 2.29. The highest BCUT2D eigenvalue weighted by atomic mass is 16.5. The number of primary amides is 1. The molecule has 2 heterocycles. The predicted molar refractivity (Wildman–Crippen MR) is 92.1 cm³/mol. The van der Waals surface area contributed by atoms with Crippen LogP contribution in [0.25, 0.3) is 0 Å². The Morgan fingerprint density at radius 2 is 2.00 bits per heavy atom. The van der Waals surface area contributed by atoms with Crippen molar-refractivity contribution < 1.29 is 19.1 Å². The molecule has 0 saturated carbocycles. The summed E-state index contributed by atoms with van der Waals surface area (Å²) in [4.78, 5) is 39.2. The number of aryl methyl sites for hydroxylation is 1. The predicted octanol–water partition coefficient (Wildman–Crippen LogP) is 0.834. The van der Waals surface area contributed by atoms with Gasteiger partial charge < -0.3 is 20.3 Å². The molecular weight excluding hydrogens is 322 g/mol. The fraction of sp³-hybridized carbons (Fsp3) is 0.500. The van der Waals surface area contributed by atoms with E-state index in [-0.39, 0.29) is 36.7 Å². The molecule has 7 nitrogen and oxygen atoms in total.